The molecular weight excluding hydrogens is 142 g/mol. The van der Waals surface area contributed by atoms with E-state index in [1.54, 1.807) is 12.1 Å². The number of amides is 1. The Labute approximate surface area is 64.8 Å². The van der Waals surface area contributed by atoms with Crippen molar-refractivity contribution in [1.82, 2.24) is 5.06 Å². The van der Waals surface area contributed by atoms with Gasteiger partial charge in [0.05, 0.1) is 5.21 Å². The van der Waals surface area contributed by atoms with Crippen molar-refractivity contribution in [2.24, 2.45) is 0 Å². The Kier molecular flexibility index (Phi) is 2.77. The lowest BCUT2D eigenvalue weighted by atomic mass is 10.2. The number of benzene rings is 1. The van der Waals surface area contributed by atoms with E-state index in [4.69, 9.17) is 0 Å². The van der Waals surface area contributed by atoms with Crippen LogP contribution in [0.3, 0.4) is 0 Å². The lowest BCUT2D eigenvalue weighted by Gasteiger charge is -1.91. The van der Waals surface area contributed by atoms with Crippen LogP contribution in [-0.4, -0.2) is 6.41 Å². The molecule has 0 spiro atoms. The molecule has 3 heteroatoms. The van der Waals surface area contributed by atoms with E-state index in [-0.39, 0.29) is 13.0 Å². The molecule has 0 aliphatic heterocycles. The highest BCUT2D eigenvalue weighted by Gasteiger charge is 2.12. The van der Waals surface area contributed by atoms with E-state index in [0.717, 1.165) is 5.56 Å². The lowest BCUT2D eigenvalue weighted by molar-refractivity contribution is -0.140. The van der Waals surface area contributed by atoms with Gasteiger partial charge in [0.15, 0.2) is 6.54 Å². The first-order valence-electron chi connectivity index (χ1n) is 3.26. The van der Waals surface area contributed by atoms with Gasteiger partial charge < -0.3 is 0 Å². The average molecular weight is 150 g/mol. The van der Waals surface area contributed by atoms with E-state index in [1.807, 2.05) is 18.2 Å². The molecule has 0 N–H and O–H groups in total. The first-order valence-corrected chi connectivity index (χ1v) is 3.26. The number of nitrogens with zero attached hydrogens (tertiary/aromatic N) is 1. The zero-order chi connectivity index (χ0) is 8.10. The van der Waals surface area contributed by atoms with Crippen molar-refractivity contribution in [2.45, 2.75) is 6.54 Å². The Balaban J connectivity index is 2.57. The Morgan fingerprint density at radius 1 is 1.27 bits per heavy atom. The largest absolute Gasteiger partial charge is 0.389 e. The van der Waals surface area contributed by atoms with Crippen LogP contribution in [0.25, 0.3) is 0 Å². The average Bonchev–Trinajstić information content (AvgIpc) is 2.06. The molecule has 0 aliphatic carbocycles. The van der Waals surface area contributed by atoms with Crippen LogP contribution in [0.15, 0.2) is 30.3 Å². The van der Waals surface area contributed by atoms with E-state index < -0.39 is 0 Å². The molecule has 0 atom stereocenters. The summed E-state index contributed by atoms with van der Waals surface area (Å²) in [7, 11) is 0. The number of carbonyl (C=O) groups is 1. The van der Waals surface area contributed by atoms with Crippen molar-refractivity contribution in [3.05, 3.63) is 35.9 Å². The molecule has 0 aromatic heterocycles. The van der Waals surface area contributed by atoms with E-state index in [0.29, 0.717) is 5.06 Å². The fraction of sp³-hybridized carbons (Fsp3) is 0.125. The van der Waals surface area contributed by atoms with Crippen LogP contribution in [0.1, 0.15) is 5.56 Å². The monoisotopic (exact) mass is 150 g/mol. The molecule has 0 bridgehead atoms. The van der Waals surface area contributed by atoms with Crippen LogP contribution in [0, 0.1) is 0 Å². The van der Waals surface area contributed by atoms with Crippen molar-refractivity contribution >= 4 is 6.41 Å². The minimum atomic E-state index is 0.129. The maximum atomic E-state index is 10.5. The fourth-order valence-electron chi connectivity index (χ4n) is 0.801. The van der Waals surface area contributed by atoms with E-state index in [1.165, 1.54) is 0 Å². The molecule has 1 amide bonds. The number of hydroxylamine groups is 2. The van der Waals surface area contributed by atoms with Gasteiger partial charge in [0, 0.05) is 5.56 Å². The number of carbonyl (C=O) groups excluding carboxylic acids is 1. The van der Waals surface area contributed by atoms with Crippen molar-refractivity contribution in [1.29, 1.82) is 0 Å². The quantitative estimate of drug-likeness (QED) is 0.357. The van der Waals surface area contributed by atoms with Gasteiger partial charge in [-0.15, -0.1) is 0 Å². The molecule has 1 aromatic carbocycles. The third-order valence-electron chi connectivity index (χ3n) is 1.30. The SMILES string of the molecule is [O][N+](C=O)Cc1ccccc1. The summed E-state index contributed by atoms with van der Waals surface area (Å²) in [6.45, 7) is 0.129. The van der Waals surface area contributed by atoms with Crippen molar-refractivity contribution < 1.29 is 10.0 Å². The number of hydrogen-bond donors (Lipinski definition) is 0. The summed E-state index contributed by atoms with van der Waals surface area (Å²) in [6, 6.07) is 9.12. The number of rotatable bonds is 3. The molecule has 0 heterocycles. The summed E-state index contributed by atoms with van der Waals surface area (Å²) in [5.74, 6) is 0. The van der Waals surface area contributed by atoms with Crippen molar-refractivity contribution in [3.8, 4) is 0 Å². The van der Waals surface area contributed by atoms with Gasteiger partial charge in [-0.2, -0.15) is 0 Å². The molecule has 2 radical (unpaired) electrons. The second-order valence-electron chi connectivity index (χ2n) is 2.17. The fourth-order valence-corrected chi connectivity index (χ4v) is 0.801. The zero-order valence-electron chi connectivity index (χ0n) is 5.93. The third-order valence-corrected chi connectivity index (χ3v) is 1.30. The first kappa shape index (κ1) is 7.91. The standard InChI is InChI=1S/C8H8NO2/c10-7-9(11)6-8-4-2-1-3-5-8/h1-5,7H,6H2/q+1. The highest BCUT2D eigenvalue weighted by Crippen LogP contribution is 1.98. The summed E-state index contributed by atoms with van der Waals surface area (Å²) in [5, 5.41) is 10.9. The highest BCUT2D eigenvalue weighted by molar-refractivity contribution is 5.48. The zero-order valence-corrected chi connectivity index (χ0v) is 5.93. The minimum absolute atomic E-state index is 0.129. The number of hydrogen-bond acceptors (Lipinski definition) is 1. The van der Waals surface area contributed by atoms with Crippen LogP contribution in [0.4, 0.5) is 0 Å². The van der Waals surface area contributed by atoms with Gasteiger partial charge in [0.2, 0.25) is 0 Å². The maximum absolute atomic E-state index is 10.5. The smallest absolute Gasteiger partial charge is 0.224 e. The van der Waals surface area contributed by atoms with Crippen LogP contribution in [0.5, 0.6) is 0 Å². The maximum Gasteiger partial charge on any atom is 0.389 e. The molecule has 1 aromatic rings. The van der Waals surface area contributed by atoms with Crippen molar-refractivity contribution in [2.75, 3.05) is 0 Å². The Hall–Kier alpha value is -1.19. The Morgan fingerprint density at radius 2 is 1.91 bits per heavy atom. The van der Waals surface area contributed by atoms with Crippen LogP contribution in [0.2, 0.25) is 0 Å². The van der Waals surface area contributed by atoms with E-state index >= 15 is 0 Å². The lowest BCUT2D eigenvalue weighted by Crippen LogP contribution is -2.20. The Bertz CT molecular complexity index is 223. The van der Waals surface area contributed by atoms with E-state index in [2.05, 4.69) is 0 Å². The molecule has 0 unspecified atom stereocenters. The predicted octanol–water partition coefficient (Wildman–Crippen LogP) is 0.829. The molecule has 1 rings (SSSR count). The third kappa shape index (κ3) is 2.49. The second kappa shape index (κ2) is 3.85. The molecule has 0 fully saturated rings. The Morgan fingerprint density at radius 3 is 2.45 bits per heavy atom. The normalized spacial score (nSPS) is 10.0. The van der Waals surface area contributed by atoms with Gasteiger partial charge in [-0.3, -0.25) is 0 Å². The predicted molar refractivity (Wildman–Crippen MR) is 39.0 cm³/mol. The van der Waals surface area contributed by atoms with Gasteiger partial charge in [-0.25, -0.2) is 4.79 Å². The van der Waals surface area contributed by atoms with Crippen LogP contribution < -0.4 is 5.06 Å². The highest BCUT2D eigenvalue weighted by atomic mass is 16.5. The summed E-state index contributed by atoms with van der Waals surface area (Å²) >= 11 is 0. The molecule has 3 nitrogen and oxygen atoms in total. The van der Waals surface area contributed by atoms with Gasteiger partial charge in [-0.05, 0) is 0 Å². The topological polar surface area (TPSA) is 42.9 Å². The van der Waals surface area contributed by atoms with Gasteiger partial charge in [0.25, 0.3) is 0 Å². The summed E-state index contributed by atoms with van der Waals surface area (Å²) in [4.78, 5) is 9.92. The van der Waals surface area contributed by atoms with Gasteiger partial charge >= 0.3 is 6.41 Å². The van der Waals surface area contributed by atoms with E-state index in [9.17, 15) is 10.0 Å². The minimum Gasteiger partial charge on any atom is -0.224 e. The molecule has 56 valence electrons. The van der Waals surface area contributed by atoms with Gasteiger partial charge in [0.1, 0.15) is 5.06 Å². The van der Waals surface area contributed by atoms with Gasteiger partial charge in [-0.1, -0.05) is 30.3 Å². The molecule has 0 aliphatic rings. The first-order chi connectivity index (χ1) is 5.33. The summed E-state index contributed by atoms with van der Waals surface area (Å²) in [6.07, 6.45) is 0.271. The van der Waals surface area contributed by atoms with Crippen LogP contribution >= 0.6 is 0 Å². The van der Waals surface area contributed by atoms with Crippen LogP contribution in [-0.2, 0) is 16.5 Å². The van der Waals surface area contributed by atoms with Crippen molar-refractivity contribution in [3.63, 3.8) is 0 Å². The second-order valence-corrected chi connectivity index (χ2v) is 2.17. The molecular formula is C8H8NO2+. The molecule has 11 heavy (non-hydrogen) atoms. The summed E-state index contributed by atoms with van der Waals surface area (Å²) in [5.41, 5.74) is 0.842. The summed E-state index contributed by atoms with van der Waals surface area (Å²) < 4.78 is 0. The molecule has 0 saturated heterocycles. The molecule has 0 saturated carbocycles.